The average molecular weight is 550 g/mol. The van der Waals surface area contributed by atoms with Gasteiger partial charge in [0, 0.05) is 30.4 Å². The molecule has 0 saturated heterocycles. The van der Waals surface area contributed by atoms with Gasteiger partial charge in [-0.05, 0) is 53.6 Å². The van der Waals surface area contributed by atoms with Crippen LogP contribution < -0.4 is 4.74 Å². The molecule has 2 aliphatic heterocycles. The summed E-state index contributed by atoms with van der Waals surface area (Å²) in [5, 5.41) is 13.0. The maximum absolute atomic E-state index is 13.0. The molecule has 0 amide bonds. The summed E-state index contributed by atoms with van der Waals surface area (Å²) in [5.41, 5.74) is 2.80. The monoisotopic (exact) mass is 549 g/mol. The summed E-state index contributed by atoms with van der Waals surface area (Å²) in [5.74, 6) is 0.801. The molecule has 7 heteroatoms. The van der Waals surface area contributed by atoms with Crippen LogP contribution in [0.1, 0.15) is 22.6 Å². The average Bonchev–Trinajstić information content (AvgIpc) is 2.95. The zero-order valence-electron chi connectivity index (χ0n) is 19.9. The lowest BCUT2D eigenvalue weighted by molar-refractivity contribution is -0.388. The Morgan fingerprint density at radius 1 is 0.632 bits per heavy atom. The SMILES string of the molecule is O=[N+]([O-])c1c2c(cc(Oc3ccccc3)c1C1c3ccccc3Sc3ccccc31)Sc1ccccc1S2. The van der Waals surface area contributed by atoms with Crippen molar-refractivity contribution in [2.45, 2.75) is 35.3 Å². The molecular formula is C31H19NO3S3. The zero-order valence-corrected chi connectivity index (χ0v) is 22.3. The molecule has 5 aromatic carbocycles. The van der Waals surface area contributed by atoms with Crippen LogP contribution in [0.15, 0.2) is 139 Å². The van der Waals surface area contributed by atoms with Crippen molar-refractivity contribution >= 4 is 41.0 Å². The van der Waals surface area contributed by atoms with Gasteiger partial charge in [0.25, 0.3) is 5.69 Å². The highest BCUT2D eigenvalue weighted by molar-refractivity contribution is 8.05. The van der Waals surface area contributed by atoms with E-state index < -0.39 is 0 Å². The fourth-order valence-electron chi connectivity index (χ4n) is 5.02. The van der Waals surface area contributed by atoms with Crippen molar-refractivity contribution in [3.8, 4) is 11.5 Å². The minimum Gasteiger partial charge on any atom is -0.457 e. The van der Waals surface area contributed by atoms with Crippen LogP contribution in [0.3, 0.4) is 0 Å². The topological polar surface area (TPSA) is 52.4 Å². The van der Waals surface area contributed by atoms with Crippen LogP contribution in [0, 0.1) is 10.1 Å². The van der Waals surface area contributed by atoms with Crippen LogP contribution in [0.2, 0.25) is 0 Å². The molecule has 0 aromatic heterocycles. The van der Waals surface area contributed by atoms with Crippen molar-refractivity contribution in [2.24, 2.45) is 0 Å². The van der Waals surface area contributed by atoms with E-state index in [9.17, 15) is 10.1 Å². The molecule has 2 aliphatic rings. The lowest BCUT2D eigenvalue weighted by atomic mass is 9.83. The molecule has 0 bridgehead atoms. The largest absolute Gasteiger partial charge is 0.457 e. The first-order chi connectivity index (χ1) is 18.7. The van der Waals surface area contributed by atoms with Crippen molar-refractivity contribution in [2.75, 3.05) is 0 Å². The van der Waals surface area contributed by atoms with E-state index in [1.165, 1.54) is 11.8 Å². The Bertz CT molecular complexity index is 1680. The summed E-state index contributed by atoms with van der Waals surface area (Å²) in [6.45, 7) is 0. The summed E-state index contributed by atoms with van der Waals surface area (Å²) >= 11 is 4.73. The minimum atomic E-state index is -0.351. The third kappa shape index (κ3) is 3.98. The Balaban J connectivity index is 1.54. The van der Waals surface area contributed by atoms with Crippen LogP contribution in [-0.2, 0) is 0 Å². The maximum atomic E-state index is 13.0. The fourth-order valence-corrected chi connectivity index (χ4v) is 8.54. The predicted molar refractivity (Wildman–Crippen MR) is 152 cm³/mol. The van der Waals surface area contributed by atoms with Gasteiger partial charge in [-0.1, -0.05) is 102 Å². The lowest BCUT2D eigenvalue weighted by Crippen LogP contribution is -2.14. The molecule has 184 valence electrons. The third-order valence-electron chi connectivity index (χ3n) is 6.62. The van der Waals surface area contributed by atoms with Crippen molar-refractivity contribution in [3.05, 3.63) is 136 Å². The van der Waals surface area contributed by atoms with Gasteiger partial charge in [-0.2, -0.15) is 0 Å². The fraction of sp³-hybridized carbons (Fsp3) is 0.0323. The van der Waals surface area contributed by atoms with Gasteiger partial charge in [0.05, 0.1) is 10.5 Å². The number of para-hydroxylation sites is 1. The molecule has 0 N–H and O–H groups in total. The van der Waals surface area contributed by atoms with E-state index in [2.05, 4.69) is 30.3 Å². The highest BCUT2D eigenvalue weighted by Crippen LogP contribution is 2.59. The standard InChI is InChI=1S/C31H19NO3S3/c33-32(34)30-29(28-20-12-4-6-14-23(20)36-24-15-7-5-13-21(24)28)22(35-19-10-2-1-3-11-19)18-27-31(30)38-26-17-9-8-16-25(26)37-27/h1-18,28H. The van der Waals surface area contributed by atoms with Crippen LogP contribution in [0.25, 0.3) is 0 Å². The summed E-state index contributed by atoms with van der Waals surface area (Å²) in [4.78, 5) is 18.6. The zero-order chi connectivity index (χ0) is 25.6. The van der Waals surface area contributed by atoms with Crippen molar-refractivity contribution < 1.29 is 9.66 Å². The van der Waals surface area contributed by atoms with Gasteiger partial charge in [-0.25, -0.2) is 0 Å². The van der Waals surface area contributed by atoms with E-state index in [4.69, 9.17) is 4.74 Å². The highest BCUT2D eigenvalue weighted by Gasteiger charge is 2.39. The van der Waals surface area contributed by atoms with E-state index in [-0.39, 0.29) is 16.5 Å². The predicted octanol–water partition coefficient (Wildman–Crippen LogP) is 9.65. The van der Waals surface area contributed by atoms with Crippen LogP contribution in [0.4, 0.5) is 5.69 Å². The quantitative estimate of drug-likeness (QED) is 0.161. The molecule has 0 atom stereocenters. The molecular weight excluding hydrogens is 531 g/mol. The van der Waals surface area contributed by atoms with Crippen LogP contribution in [-0.4, -0.2) is 4.92 Å². The molecule has 5 aromatic rings. The van der Waals surface area contributed by atoms with E-state index in [0.29, 0.717) is 22.0 Å². The number of benzene rings is 5. The number of nitrogens with zero attached hydrogens (tertiary/aromatic N) is 1. The van der Waals surface area contributed by atoms with Crippen molar-refractivity contribution in [3.63, 3.8) is 0 Å². The molecule has 38 heavy (non-hydrogen) atoms. The first-order valence-corrected chi connectivity index (χ1v) is 14.5. The van der Waals surface area contributed by atoms with Gasteiger partial charge < -0.3 is 4.74 Å². The molecule has 2 heterocycles. The molecule has 0 aliphatic carbocycles. The van der Waals surface area contributed by atoms with Crippen molar-refractivity contribution in [1.29, 1.82) is 0 Å². The molecule has 0 radical (unpaired) electrons. The molecule has 0 fully saturated rings. The number of nitro benzene ring substituents is 1. The second-order valence-electron chi connectivity index (χ2n) is 8.90. The summed E-state index contributed by atoms with van der Waals surface area (Å²) in [7, 11) is 0. The second kappa shape index (κ2) is 9.58. The lowest BCUT2D eigenvalue weighted by Gasteiger charge is -2.30. The van der Waals surface area contributed by atoms with Crippen LogP contribution >= 0.6 is 35.3 Å². The Labute approximate surface area is 232 Å². The minimum absolute atomic E-state index is 0.113. The number of ether oxygens (including phenoxy) is 1. The summed E-state index contributed by atoms with van der Waals surface area (Å²) in [6, 6.07) is 35.9. The van der Waals surface area contributed by atoms with Gasteiger partial charge in [-0.3, -0.25) is 10.1 Å². The van der Waals surface area contributed by atoms with E-state index in [1.54, 1.807) is 23.5 Å². The normalized spacial score (nSPS) is 13.6. The number of fused-ring (bicyclic) bond motifs is 4. The summed E-state index contributed by atoms with van der Waals surface area (Å²) in [6.07, 6.45) is 0. The number of hydrogen-bond acceptors (Lipinski definition) is 6. The van der Waals surface area contributed by atoms with Gasteiger partial charge in [-0.15, -0.1) is 0 Å². The highest BCUT2D eigenvalue weighted by atomic mass is 32.2. The molecule has 7 rings (SSSR count). The van der Waals surface area contributed by atoms with E-state index >= 15 is 0 Å². The Morgan fingerprint density at radius 3 is 1.79 bits per heavy atom. The van der Waals surface area contributed by atoms with Crippen LogP contribution in [0.5, 0.6) is 11.5 Å². The molecule has 0 unspecified atom stereocenters. The number of nitro groups is 1. The van der Waals surface area contributed by atoms with Gasteiger partial charge >= 0.3 is 0 Å². The Hall–Kier alpha value is -3.65. The second-order valence-corrected chi connectivity index (χ2v) is 12.1. The van der Waals surface area contributed by atoms with E-state index in [0.717, 1.165) is 35.6 Å². The third-order valence-corrected chi connectivity index (χ3v) is 10.4. The molecule has 4 nitrogen and oxygen atoms in total. The molecule has 0 spiro atoms. The summed E-state index contributed by atoms with van der Waals surface area (Å²) < 4.78 is 6.50. The first kappa shape index (κ1) is 23.5. The van der Waals surface area contributed by atoms with Crippen molar-refractivity contribution in [1.82, 2.24) is 0 Å². The number of rotatable bonds is 4. The van der Waals surface area contributed by atoms with Gasteiger partial charge in [0.2, 0.25) is 0 Å². The Kier molecular flexibility index (Phi) is 5.92. The Morgan fingerprint density at radius 2 is 1.16 bits per heavy atom. The smallest absolute Gasteiger partial charge is 0.292 e. The maximum Gasteiger partial charge on any atom is 0.292 e. The van der Waals surface area contributed by atoms with Gasteiger partial charge in [0.1, 0.15) is 16.4 Å². The molecule has 0 saturated carbocycles. The number of hydrogen-bond donors (Lipinski definition) is 0. The van der Waals surface area contributed by atoms with Gasteiger partial charge in [0.15, 0.2) is 0 Å². The first-order valence-electron chi connectivity index (χ1n) is 12.1. The van der Waals surface area contributed by atoms with E-state index in [1.807, 2.05) is 78.9 Å².